The van der Waals surface area contributed by atoms with E-state index in [0.717, 1.165) is 23.9 Å². The van der Waals surface area contributed by atoms with Crippen LogP contribution in [-0.4, -0.2) is 37.3 Å². The Hall–Kier alpha value is -1.20. The number of hydrogen-bond acceptors (Lipinski definition) is 5. The minimum absolute atomic E-state index is 0.175. The molecule has 1 heterocycles. The van der Waals surface area contributed by atoms with Crippen molar-refractivity contribution in [1.82, 2.24) is 9.97 Å². The van der Waals surface area contributed by atoms with Crippen molar-refractivity contribution in [3.05, 3.63) is 17.6 Å². The zero-order valence-electron chi connectivity index (χ0n) is 11.0. The molecule has 0 aliphatic heterocycles. The van der Waals surface area contributed by atoms with E-state index < -0.39 is 0 Å². The Morgan fingerprint density at radius 3 is 2.65 bits per heavy atom. The molecule has 0 aromatic carbocycles. The molecule has 96 valence electrons. The number of aromatic nitrogens is 2. The van der Waals surface area contributed by atoms with Gasteiger partial charge in [-0.3, -0.25) is 0 Å². The summed E-state index contributed by atoms with van der Waals surface area (Å²) in [5.41, 5.74) is 0.886. The third-order valence-electron chi connectivity index (χ3n) is 2.30. The van der Waals surface area contributed by atoms with Gasteiger partial charge < -0.3 is 14.8 Å². The third kappa shape index (κ3) is 4.28. The molecular formula is C12H21N3O2. The average Bonchev–Trinajstić information content (AvgIpc) is 2.30. The second-order valence-corrected chi connectivity index (χ2v) is 3.92. The van der Waals surface area contributed by atoms with E-state index in [1.807, 2.05) is 19.9 Å². The maximum Gasteiger partial charge on any atom is 0.136 e. The third-order valence-corrected chi connectivity index (χ3v) is 2.30. The molecule has 0 radical (unpaired) electrons. The zero-order valence-corrected chi connectivity index (χ0v) is 11.0. The topological polar surface area (TPSA) is 56.3 Å². The molecule has 0 bridgehead atoms. The van der Waals surface area contributed by atoms with Gasteiger partial charge >= 0.3 is 0 Å². The lowest BCUT2D eigenvalue weighted by atomic mass is 10.2. The molecule has 0 aliphatic rings. The Balaban J connectivity index is 2.93. The molecule has 1 aromatic rings. The maximum atomic E-state index is 5.13. The predicted molar refractivity (Wildman–Crippen MR) is 67.2 cm³/mol. The van der Waals surface area contributed by atoms with Crippen molar-refractivity contribution in [3.8, 4) is 0 Å². The molecule has 5 heteroatoms. The molecule has 1 rings (SSSR count). The Morgan fingerprint density at radius 2 is 2.06 bits per heavy atom. The Labute approximate surface area is 103 Å². The second-order valence-electron chi connectivity index (χ2n) is 3.92. The number of hydrogen-bond donors (Lipinski definition) is 1. The summed E-state index contributed by atoms with van der Waals surface area (Å²) in [5, 5.41) is 3.20. The van der Waals surface area contributed by atoms with Crippen LogP contribution < -0.4 is 5.32 Å². The van der Waals surface area contributed by atoms with Gasteiger partial charge in [0.2, 0.25) is 0 Å². The summed E-state index contributed by atoms with van der Waals surface area (Å²) >= 11 is 0. The van der Waals surface area contributed by atoms with Crippen molar-refractivity contribution < 1.29 is 9.47 Å². The van der Waals surface area contributed by atoms with Crippen LogP contribution in [0, 0.1) is 0 Å². The van der Waals surface area contributed by atoms with E-state index in [2.05, 4.69) is 15.3 Å². The van der Waals surface area contributed by atoms with Crippen molar-refractivity contribution in [2.75, 3.05) is 32.7 Å². The monoisotopic (exact) mass is 239 g/mol. The van der Waals surface area contributed by atoms with Gasteiger partial charge in [-0.25, -0.2) is 9.97 Å². The van der Waals surface area contributed by atoms with Crippen LogP contribution in [-0.2, 0) is 16.1 Å². The summed E-state index contributed by atoms with van der Waals surface area (Å²) in [6.45, 7) is 6.03. The molecule has 0 fully saturated rings. The minimum Gasteiger partial charge on any atom is -0.384 e. The summed E-state index contributed by atoms with van der Waals surface area (Å²) in [6, 6.07) is 1.91. The van der Waals surface area contributed by atoms with Crippen LogP contribution in [0.25, 0.3) is 0 Å². The van der Waals surface area contributed by atoms with Crippen molar-refractivity contribution in [3.63, 3.8) is 0 Å². The van der Waals surface area contributed by atoms with Gasteiger partial charge in [-0.2, -0.15) is 0 Å². The first-order valence-electron chi connectivity index (χ1n) is 5.80. The normalized spacial score (nSPS) is 12.5. The number of methoxy groups -OCH3 is 2. The van der Waals surface area contributed by atoms with Crippen LogP contribution >= 0.6 is 0 Å². The lowest BCUT2D eigenvalue weighted by molar-refractivity contribution is 0.176. The smallest absolute Gasteiger partial charge is 0.136 e. The van der Waals surface area contributed by atoms with E-state index in [1.165, 1.54) is 0 Å². The van der Waals surface area contributed by atoms with E-state index in [9.17, 15) is 0 Å². The van der Waals surface area contributed by atoms with E-state index in [4.69, 9.17) is 9.47 Å². The van der Waals surface area contributed by atoms with Crippen LogP contribution in [0.1, 0.15) is 31.3 Å². The first-order valence-corrected chi connectivity index (χ1v) is 5.80. The van der Waals surface area contributed by atoms with Gasteiger partial charge in [0.15, 0.2) is 0 Å². The SMILES string of the molecule is CCNc1cc(COC)nc(C(C)COC)n1. The van der Waals surface area contributed by atoms with Gasteiger partial charge in [0.05, 0.1) is 18.9 Å². The summed E-state index contributed by atoms with van der Waals surface area (Å²) in [6.07, 6.45) is 0. The number of nitrogens with one attached hydrogen (secondary N) is 1. The van der Waals surface area contributed by atoms with Gasteiger partial charge in [-0.05, 0) is 6.92 Å². The molecule has 1 N–H and O–H groups in total. The van der Waals surface area contributed by atoms with E-state index in [-0.39, 0.29) is 5.92 Å². The highest BCUT2D eigenvalue weighted by Crippen LogP contribution is 2.15. The first kappa shape index (κ1) is 13.9. The van der Waals surface area contributed by atoms with E-state index >= 15 is 0 Å². The quantitative estimate of drug-likeness (QED) is 0.786. The van der Waals surface area contributed by atoms with E-state index in [1.54, 1.807) is 14.2 Å². The number of ether oxygens (including phenoxy) is 2. The van der Waals surface area contributed by atoms with Gasteiger partial charge in [0.25, 0.3) is 0 Å². The summed E-state index contributed by atoms with van der Waals surface area (Å²) in [7, 11) is 3.34. The van der Waals surface area contributed by atoms with E-state index in [0.29, 0.717) is 13.2 Å². The first-order chi connectivity index (χ1) is 8.21. The summed E-state index contributed by atoms with van der Waals surface area (Å²) < 4.78 is 10.2. The largest absolute Gasteiger partial charge is 0.384 e. The fourth-order valence-electron chi connectivity index (χ4n) is 1.56. The molecule has 5 nitrogen and oxygen atoms in total. The average molecular weight is 239 g/mol. The molecule has 1 atom stereocenters. The molecule has 0 saturated carbocycles. The highest BCUT2D eigenvalue weighted by atomic mass is 16.5. The highest BCUT2D eigenvalue weighted by molar-refractivity contribution is 5.36. The van der Waals surface area contributed by atoms with Crippen molar-refractivity contribution >= 4 is 5.82 Å². The van der Waals surface area contributed by atoms with Gasteiger partial charge in [0.1, 0.15) is 11.6 Å². The van der Waals surface area contributed by atoms with Gasteiger partial charge in [0, 0.05) is 32.7 Å². The van der Waals surface area contributed by atoms with Crippen LogP contribution in [0.2, 0.25) is 0 Å². The van der Waals surface area contributed by atoms with Gasteiger partial charge in [-0.15, -0.1) is 0 Å². The Kier molecular flexibility index (Phi) is 5.86. The standard InChI is InChI=1S/C12H21N3O2/c1-5-13-11-6-10(8-17-4)14-12(15-11)9(2)7-16-3/h6,9H,5,7-8H2,1-4H3,(H,13,14,15). The molecule has 0 amide bonds. The van der Waals surface area contributed by atoms with Crippen LogP contribution in [0.4, 0.5) is 5.82 Å². The highest BCUT2D eigenvalue weighted by Gasteiger charge is 2.11. The van der Waals surface area contributed by atoms with Crippen molar-refractivity contribution in [2.45, 2.75) is 26.4 Å². The van der Waals surface area contributed by atoms with Gasteiger partial charge in [-0.1, -0.05) is 6.92 Å². The molecule has 0 saturated heterocycles. The molecule has 17 heavy (non-hydrogen) atoms. The van der Waals surface area contributed by atoms with Crippen LogP contribution in [0.3, 0.4) is 0 Å². The predicted octanol–water partition coefficient (Wildman–Crippen LogP) is 1.80. The zero-order chi connectivity index (χ0) is 12.7. The molecule has 1 unspecified atom stereocenters. The molecule has 0 spiro atoms. The van der Waals surface area contributed by atoms with Crippen LogP contribution in [0.5, 0.6) is 0 Å². The summed E-state index contributed by atoms with van der Waals surface area (Å²) in [4.78, 5) is 8.93. The number of anilines is 1. The Bertz CT molecular complexity index is 320. The Morgan fingerprint density at radius 1 is 1.29 bits per heavy atom. The molecular weight excluding hydrogens is 218 g/mol. The molecule has 1 aromatic heterocycles. The minimum atomic E-state index is 0.175. The lowest BCUT2D eigenvalue weighted by Crippen LogP contribution is -2.11. The van der Waals surface area contributed by atoms with Crippen molar-refractivity contribution in [2.24, 2.45) is 0 Å². The number of nitrogens with zero attached hydrogens (tertiary/aromatic N) is 2. The fourth-order valence-corrected chi connectivity index (χ4v) is 1.56. The molecule has 0 aliphatic carbocycles. The number of rotatable bonds is 7. The second kappa shape index (κ2) is 7.19. The van der Waals surface area contributed by atoms with Crippen molar-refractivity contribution in [1.29, 1.82) is 0 Å². The lowest BCUT2D eigenvalue weighted by Gasteiger charge is -2.12. The maximum absolute atomic E-state index is 5.13. The van der Waals surface area contributed by atoms with Crippen LogP contribution in [0.15, 0.2) is 6.07 Å². The fraction of sp³-hybridized carbons (Fsp3) is 0.667. The summed E-state index contributed by atoms with van der Waals surface area (Å²) in [5.74, 6) is 1.80.